The lowest BCUT2D eigenvalue weighted by molar-refractivity contribution is -0.377. The molecule has 1 unspecified atom stereocenters. The largest absolute Gasteiger partial charge is 0.870 e. The number of aryl methyl sites for hydroxylation is 1. The summed E-state index contributed by atoms with van der Waals surface area (Å²) in [7, 11) is 5.20. The van der Waals surface area contributed by atoms with Crippen molar-refractivity contribution < 1.29 is 39.0 Å². The van der Waals surface area contributed by atoms with E-state index in [0.717, 1.165) is 48.4 Å². The maximum Gasteiger partial charge on any atom is 0.348 e. The van der Waals surface area contributed by atoms with E-state index in [4.69, 9.17) is 42.1 Å². The predicted octanol–water partition coefficient (Wildman–Crippen LogP) is 6.42. The first-order valence-electron chi connectivity index (χ1n) is 16.3. The minimum absolute atomic E-state index is 0. The summed E-state index contributed by atoms with van der Waals surface area (Å²) in [5.41, 5.74) is 2.46. The molecule has 4 aromatic rings. The third-order valence-corrected chi connectivity index (χ3v) is 11.1. The molecule has 2 aliphatic rings. The van der Waals surface area contributed by atoms with Crippen LogP contribution < -0.4 is 19.8 Å². The molecule has 1 saturated heterocycles. The van der Waals surface area contributed by atoms with Crippen molar-refractivity contribution >= 4 is 46.5 Å². The Bertz CT molecular complexity index is 1790. The number of pyridine rings is 1. The highest BCUT2D eigenvalue weighted by Crippen LogP contribution is 2.40. The number of methoxy groups -OCH3 is 2. The molecule has 0 radical (unpaired) electrons. The van der Waals surface area contributed by atoms with Gasteiger partial charge in [-0.15, -0.1) is 11.3 Å². The highest BCUT2D eigenvalue weighted by Gasteiger charge is 2.47. The van der Waals surface area contributed by atoms with E-state index < -0.39 is 17.6 Å². The van der Waals surface area contributed by atoms with Crippen LogP contribution >= 0.6 is 34.5 Å². The molecule has 13 heteroatoms. The first-order chi connectivity index (χ1) is 23.7. The summed E-state index contributed by atoms with van der Waals surface area (Å²) in [5.74, 6) is 0.320. The number of benzene rings is 2. The number of aromatic nitrogens is 1. The molecule has 1 fully saturated rings. The number of carbonyl (C=O) groups excluding carboxylic acids is 2. The van der Waals surface area contributed by atoms with E-state index in [1.54, 1.807) is 44.8 Å². The lowest BCUT2D eigenvalue weighted by atomic mass is 9.91. The maximum absolute atomic E-state index is 13.9. The Kier molecular flexibility index (Phi) is 12.4. The lowest BCUT2D eigenvalue weighted by Gasteiger charge is -2.34. The molecule has 50 heavy (non-hydrogen) atoms. The Hall–Kier alpha value is -3.71. The molecule has 0 amide bonds. The van der Waals surface area contributed by atoms with E-state index >= 15 is 0 Å². The fraction of sp³-hybridized carbons (Fsp3) is 0.378. The number of piperidine rings is 1. The van der Waals surface area contributed by atoms with Gasteiger partial charge in [-0.2, -0.15) is 0 Å². The second-order valence-corrected chi connectivity index (χ2v) is 14.4. The van der Waals surface area contributed by atoms with Gasteiger partial charge in [0, 0.05) is 36.5 Å². The number of nitrogens with one attached hydrogen (secondary N) is 2. The minimum Gasteiger partial charge on any atom is -0.870 e. The van der Waals surface area contributed by atoms with Gasteiger partial charge >= 0.3 is 11.9 Å². The minimum atomic E-state index is -0.964. The zero-order valence-corrected chi connectivity index (χ0v) is 30.5. The summed E-state index contributed by atoms with van der Waals surface area (Å²) in [6.07, 6.45) is 5.68. The molecule has 2 aromatic carbocycles. The zero-order valence-electron chi connectivity index (χ0n) is 28.2. The van der Waals surface area contributed by atoms with E-state index in [-0.39, 0.29) is 24.0 Å². The van der Waals surface area contributed by atoms with Crippen LogP contribution in [-0.4, -0.2) is 62.8 Å². The van der Waals surface area contributed by atoms with Crippen molar-refractivity contribution in [2.24, 2.45) is 0 Å². The number of thiophene rings is 1. The van der Waals surface area contributed by atoms with E-state index in [2.05, 4.69) is 28.3 Å². The van der Waals surface area contributed by atoms with Gasteiger partial charge in [0.15, 0.2) is 23.9 Å². The van der Waals surface area contributed by atoms with Gasteiger partial charge in [0.05, 0.1) is 14.2 Å². The molecule has 2 atom stereocenters. The van der Waals surface area contributed by atoms with Crippen LogP contribution in [0.25, 0.3) is 0 Å². The normalized spacial score (nSPS) is 18.1. The van der Waals surface area contributed by atoms with E-state index in [9.17, 15) is 9.59 Å². The third-order valence-electron chi connectivity index (χ3n) is 9.38. The van der Waals surface area contributed by atoms with Crippen LogP contribution in [0.3, 0.4) is 0 Å². The average molecular weight is 743 g/mol. The second-order valence-electron chi connectivity index (χ2n) is 12.4. The van der Waals surface area contributed by atoms with Gasteiger partial charge in [0.25, 0.3) is 0 Å². The number of fused-ring (bicyclic) bond motifs is 1. The number of halogens is 2. The zero-order chi connectivity index (χ0) is 34.5. The van der Waals surface area contributed by atoms with Crippen molar-refractivity contribution in [2.75, 3.05) is 34.4 Å². The van der Waals surface area contributed by atoms with Crippen molar-refractivity contribution in [3.63, 3.8) is 0 Å². The Labute approximate surface area is 305 Å². The number of rotatable bonds is 12. The second kappa shape index (κ2) is 16.5. The topological polar surface area (TPSA) is 130 Å². The molecular formula is C37H41Cl2N3O7S. The Balaban J connectivity index is 0.00000486. The number of nitrogens with zero attached hydrogens (tertiary/aromatic N) is 1. The number of H-pyrrole nitrogens is 1. The third kappa shape index (κ3) is 8.09. The van der Waals surface area contributed by atoms with Crippen molar-refractivity contribution in [1.29, 1.82) is 0 Å². The highest BCUT2D eigenvalue weighted by atomic mass is 35.5. The number of hydrogen-bond acceptors (Lipinski definition) is 10. The van der Waals surface area contributed by atoms with Crippen LogP contribution in [0.4, 0.5) is 0 Å². The van der Waals surface area contributed by atoms with Gasteiger partial charge in [-0.05, 0) is 73.7 Å². The standard InChI is InChI=1S/C37H39Cl2N3O6S.H2O/c1-42-16-13-25(14-17-42)47-36(44)37(15-12-23-6-4-5-7-28(23)37)41-20-26-9-11-34(49-26)35(43)48-32(19-27-29(38)21-40-22-30(27)39)24-8-10-31(45-2)33(18-24)46-3;/h4-11,18,21-22,25,32,41H,12-17,19-20H2,1-3H3;1H2/t32-,37?;/m0./s1. The van der Waals surface area contributed by atoms with E-state index in [1.807, 2.05) is 30.3 Å². The highest BCUT2D eigenvalue weighted by molar-refractivity contribution is 7.13. The van der Waals surface area contributed by atoms with Crippen molar-refractivity contribution in [3.8, 4) is 11.5 Å². The summed E-state index contributed by atoms with van der Waals surface area (Å²) in [6, 6.07) is 17.1. The molecule has 266 valence electrons. The molecule has 3 heterocycles. The van der Waals surface area contributed by atoms with Crippen LogP contribution in [0.15, 0.2) is 67.0 Å². The number of hydrogen-bond donors (Lipinski definition) is 1. The summed E-state index contributed by atoms with van der Waals surface area (Å²) < 4.78 is 23.2. The SMILES string of the molecule is COc1ccc([C@H](Cc2c(Cl)c[nH+]cc2Cl)OC(=O)c2ccc(CNC3(C(=O)OC4CCN(C)CC4)CCc4ccccc43)s2)cc1OC.[OH-]. The summed E-state index contributed by atoms with van der Waals surface area (Å²) in [4.78, 5) is 34.1. The number of esters is 2. The quantitative estimate of drug-likeness (QED) is 0.164. The molecule has 1 aliphatic carbocycles. The van der Waals surface area contributed by atoms with Crippen LogP contribution in [0.2, 0.25) is 10.0 Å². The van der Waals surface area contributed by atoms with Crippen LogP contribution in [0, 0.1) is 0 Å². The van der Waals surface area contributed by atoms with Crippen molar-refractivity contribution in [2.45, 2.75) is 56.4 Å². The van der Waals surface area contributed by atoms with Gasteiger partial charge in [0.2, 0.25) is 0 Å². The Morgan fingerprint density at radius 3 is 2.46 bits per heavy atom. The van der Waals surface area contributed by atoms with Crippen LogP contribution in [0.1, 0.15) is 62.2 Å². The number of aromatic amines is 1. The Morgan fingerprint density at radius 2 is 1.74 bits per heavy atom. The maximum atomic E-state index is 13.9. The monoisotopic (exact) mass is 741 g/mol. The average Bonchev–Trinajstić information content (AvgIpc) is 3.75. The molecular weight excluding hydrogens is 701 g/mol. The first kappa shape index (κ1) is 37.5. The van der Waals surface area contributed by atoms with Gasteiger partial charge in [-0.25, -0.2) is 14.6 Å². The molecule has 0 bridgehead atoms. The molecule has 2 aromatic heterocycles. The fourth-order valence-corrected chi connectivity index (χ4v) is 7.94. The summed E-state index contributed by atoms with van der Waals surface area (Å²) in [6.45, 7) is 2.18. The number of carbonyl (C=O) groups is 2. The van der Waals surface area contributed by atoms with E-state index in [0.29, 0.717) is 50.5 Å². The van der Waals surface area contributed by atoms with Gasteiger partial charge in [-0.3, -0.25) is 5.32 Å². The van der Waals surface area contributed by atoms with Crippen molar-refractivity contribution in [1.82, 2.24) is 10.2 Å². The van der Waals surface area contributed by atoms with Gasteiger partial charge in [-0.1, -0.05) is 53.5 Å². The molecule has 3 N–H and O–H groups in total. The van der Waals surface area contributed by atoms with Crippen LogP contribution in [-0.2, 0) is 39.2 Å². The molecule has 6 rings (SSSR count). The fourth-order valence-electron chi connectivity index (χ4n) is 6.58. The summed E-state index contributed by atoms with van der Waals surface area (Å²) >= 11 is 14.3. The predicted molar refractivity (Wildman–Crippen MR) is 191 cm³/mol. The van der Waals surface area contributed by atoms with Gasteiger partial charge < -0.3 is 29.3 Å². The molecule has 1 aliphatic heterocycles. The number of likely N-dealkylation sites (tertiary alicyclic amines) is 1. The molecule has 0 spiro atoms. The lowest BCUT2D eigenvalue weighted by Crippen LogP contribution is -2.50. The van der Waals surface area contributed by atoms with Gasteiger partial charge in [0.1, 0.15) is 32.7 Å². The first-order valence-corrected chi connectivity index (χ1v) is 17.9. The number of ether oxygens (including phenoxy) is 4. The van der Waals surface area contributed by atoms with E-state index in [1.165, 1.54) is 11.3 Å². The smallest absolute Gasteiger partial charge is 0.348 e. The molecule has 10 nitrogen and oxygen atoms in total. The van der Waals surface area contributed by atoms with Crippen molar-refractivity contribution in [3.05, 3.63) is 109 Å². The summed E-state index contributed by atoms with van der Waals surface area (Å²) in [5, 5.41) is 4.42. The molecule has 0 saturated carbocycles. The Morgan fingerprint density at radius 1 is 1.02 bits per heavy atom. The van der Waals surface area contributed by atoms with Crippen LogP contribution in [0.5, 0.6) is 11.5 Å².